The van der Waals surface area contributed by atoms with E-state index in [0.717, 1.165) is 0 Å². The number of benzene rings is 10. The van der Waals surface area contributed by atoms with Crippen molar-refractivity contribution in [2.24, 2.45) is 0 Å². The molecule has 0 radical (unpaired) electrons. The Balaban J connectivity index is 1.39. The third kappa shape index (κ3) is 4.44. The van der Waals surface area contributed by atoms with Crippen molar-refractivity contribution in [3.05, 3.63) is 193 Å². The van der Waals surface area contributed by atoms with Gasteiger partial charge in [0.05, 0.1) is 0 Å². The summed E-state index contributed by atoms with van der Waals surface area (Å²) in [5.74, 6) is 0. The molecule has 0 fully saturated rings. The lowest BCUT2D eigenvalue weighted by molar-refractivity contribution is 1.32. The minimum absolute atomic E-state index is 1.22. The number of hydrogen-bond donors (Lipinski definition) is 0. The van der Waals surface area contributed by atoms with Crippen LogP contribution in [-0.2, 0) is 0 Å². The molecule has 0 aliphatic heterocycles. The topological polar surface area (TPSA) is 0 Å². The summed E-state index contributed by atoms with van der Waals surface area (Å²) in [7, 11) is 0. The first-order valence-electron chi connectivity index (χ1n) is 20.1. The van der Waals surface area contributed by atoms with Crippen LogP contribution in [0.5, 0.6) is 0 Å². The van der Waals surface area contributed by atoms with Gasteiger partial charge in [-0.05, 0) is 158 Å². The predicted octanol–water partition coefficient (Wildman–Crippen LogP) is 16.2. The molecule has 0 N–H and O–H groups in total. The Morgan fingerprint density at radius 2 is 0.754 bits per heavy atom. The lowest BCUT2D eigenvalue weighted by Gasteiger charge is -2.20. The molecule has 0 spiro atoms. The maximum absolute atomic E-state index is 2.55. The number of fused-ring (bicyclic) bond motifs is 8. The van der Waals surface area contributed by atoms with E-state index in [-0.39, 0.29) is 0 Å². The van der Waals surface area contributed by atoms with Gasteiger partial charge in [-0.2, -0.15) is 0 Å². The molecular weight excluding hydrogens is 685 g/mol. The first kappa shape index (κ1) is 32.2. The van der Waals surface area contributed by atoms with Gasteiger partial charge in [-0.25, -0.2) is 0 Å². The van der Waals surface area contributed by atoms with Gasteiger partial charge in [-0.1, -0.05) is 175 Å². The molecular formula is C57H38. The van der Waals surface area contributed by atoms with Gasteiger partial charge in [-0.3, -0.25) is 0 Å². The van der Waals surface area contributed by atoms with Gasteiger partial charge in [-0.15, -0.1) is 0 Å². The number of rotatable bonds is 4. The van der Waals surface area contributed by atoms with Crippen LogP contribution in [0.1, 0.15) is 16.7 Å². The van der Waals surface area contributed by atoms with E-state index < -0.39 is 0 Å². The van der Waals surface area contributed by atoms with E-state index in [1.807, 2.05) is 0 Å². The largest absolute Gasteiger partial charge is 0.0622 e. The molecule has 0 aliphatic rings. The van der Waals surface area contributed by atoms with Crippen LogP contribution in [0.3, 0.4) is 0 Å². The van der Waals surface area contributed by atoms with Crippen molar-refractivity contribution in [1.82, 2.24) is 0 Å². The second kappa shape index (κ2) is 12.0. The fourth-order valence-electron chi connectivity index (χ4n) is 10.8. The van der Waals surface area contributed by atoms with E-state index in [2.05, 4.69) is 197 Å². The monoisotopic (exact) mass is 722 g/mol. The van der Waals surface area contributed by atoms with E-state index in [0.29, 0.717) is 0 Å². The highest BCUT2D eigenvalue weighted by Crippen LogP contribution is 2.56. The minimum atomic E-state index is 1.22. The van der Waals surface area contributed by atoms with Crippen LogP contribution >= 0.6 is 0 Å². The van der Waals surface area contributed by atoms with Crippen LogP contribution in [0.15, 0.2) is 176 Å². The van der Waals surface area contributed by atoms with E-state index in [1.165, 1.54) is 137 Å². The van der Waals surface area contributed by atoms with Crippen molar-refractivity contribution in [2.75, 3.05) is 0 Å². The first-order valence-corrected chi connectivity index (χ1v) is 20.1. The fraction of sp³-hybridized carbons (Fsp3) is 0.0526. The van der Waals surface area contributed by atoms with Crippen molar-refractivity contribution in [2.45, 2.75) is 20.8 Å². The summed E-state index contributed by atoms with van der Waals surface area (Å²) in [5, 5.41) is 18.5. The summed E-state index contributed by atoms with van der Waals surface area (Å²) in [6.45, 7) is 6.74. The molecule has 0 heterocycles. The predicted molar refractivity (Wildman–Crippen MR) is 247 cm³/mol. The molecule has 0 nitrogen and oxygen atoms in total. The van der Waals surface area contributed by atoms with Crippen molar-refractivity contribution in [1.29, 1.82) is 0 Å². The summed E-state index contributed by atoms with van der Waals surface area (Å²) >= 11 is 0. The van der Waals surface area contributed by atoms with Crippen molar-refractivity contribution < 1.29 is 0 Å². The summed E-state index contributed by atoms with van der Waals surface area (Å²) in [4.78, 5) is 0. The molecule has 0 amide bonds. The highest BCUT2D eigenvalue weighted by Gasteiger charge is 2.28. The van der Waals surface area contributed by atoms with E-state index in [9.17, 15) is 0 Å². The molecule has 12 aromatic rings. The van der Waals surface area contributed by atoms with Gasteiger partial charge in [0.2, 0.25) is 0 Å². The molecule has 12 aromatic carbocycles. The molecule has 12 rings (SSSR count). The second-order valence-electron chi connectivity index (χ2n) is 16.1. The van der Waals surface area contributed by atoms with Gasteiger partial charge in [0.1, 0.15) is 0 Å². The standard InChI is InChI=1S/C57H38/c1-33-30-34(2)50(35(3)31-33)44-28-29-47-52-43(44)25-15-27-46(52)57-54(41-23-13-10-20-38(41)36-16-6-4-7-17-36)49-32-48-40-22-12-11-21-39(40)42-24-14-26-45(53(42)48)55(49)51(56(47)57)37-18-8-5-9-19-37/h4-32H,1-3H3. The second-order valence-corrected chi connectivity index (χ2v) is 16.1. The summed E-state index contributed by atoms with van der Waals surface area (Å²) in [5.41, 5.74) is 14.2. The molecule has 0 unspecified atom stereocenters. The first-order chi connectivity index (χ1) is 28.1. The maximum Gasteiger partial charge on any atom is -0.000718 e. The van der Waals surface area contributed by atoms with Crippen LogP contribution < -0.4 is 0 Å². The number of aryl methyl sites for hydroxylation is 3. The quantitative estimate of drug-likeness (QED) is 0.159. The van der Waals surface area contributed by atoms with Crippen LogP contribution in [0.25, 0.3) is 120 Å². The van der Waals surface area contributed by atoms with Gasteiger partial charge < -0.3 is 0 Å². The Hall–Kier alpha value is -7.02. The van der Waals surface area contributed by atoms with Crippen molar-refractivity contribution >= 4 is 75.4 Å². The molecule has 266 valence electrons. The molecule has 0 heteroatoms. The Labute approximate surface area is 331 Å². The molecule has 0 atom stereocenters. The Morgan fingerprint density at radius 1 is 0.246 bits per heavy atom. The third-order valence-electron chi connectivity index (χ3n) is 12.8. The highest BCUT2D eigenvalue weighted by molar-refractivity contribution is 6.45. The normalized spacial score (nSPS) is 12.1. The van der Waals surface area contributed by atoms with Crippen molar-refractivity contribution in [3.63, 3.8) is 0 Å². The van der Waals surface area contributed by atoms with Gasteiger partial charge in [0.15, 0.2) is 0 Å². The summed E-state index contributed by atoms with van der Waals surface area (Å²) in [6.07, 6.45) is 0. The molecule has 57 heavy (non-hydrogen) atoms. The lowest BCUT2D eigenvalue weighted by Crippen LogP contribution is -1.93. The van der Waals surface area contributed by atoms with Crippen LogP contribution in [0.2, 0.25) is 0 Å². The average Bonchev–Trinajstić information content (AvgIpc) is 3.75. The van der Waals surface area contributed by atoms with E-state index in [4.69, 9.17) is 0 Å². The number of hydrogen-bond acceptors (Lipinski definition) is 0. The highest BCUT2D eigenvalue weighted by atomic mass is 14.3. The average molecular weight is 723 g/mol. The molecule has 0 aromatic heterocycles. The van der Waals surface area contributed by atoms with E-state index in [1.54, 1.807) is 0 Å². The third-order valence-corrected chi connectivity index (χ3v) is 12.8. The van der Waals surface area contributed by atoms with Crippen LogP contribution in [-0.4, -0.2) is 0 Å². The zero-order valence-corrected chi connectivity index (χ0v) is 32.2. The van der Waals surface area contributed by atoms with Crippen LogP contribution in [0, 0.1) is 20.8 Å². The van der Waals surface area contributed by atoms with Gasteiger partial charge >= 0.3 is 0 Å². The zero-order valence-electron chi connectivity index (χ0n) is 32.2. The Bertz CT molecular complexity index is 3550. The minimum Gasteiger partial charge on any atom is -0.0622 e. The molecule has 0 saturated heterocycles. The van der Waals surface area contributed by atoms with Gasteiger partial charge in [0.25, 0.3) is 0 Å². The molecule has 0 aliphatic carbocycles. The van der Waals surface area contributed by atoms with E-state index >= 15 is 0 Å². The zero-order chi connectivity index (χ0) is 37.9. The van der Waals surface area contributed by atoms with Crippen molar-refractivity contribution in [3.8, 4) is 44.5 Å². The SMILES string of the molecule is Cc1cc(C)c(-c2ccc3c4c(-c5ccccc5)c5c(cc6c7ccccc7c7cccc5c76)c(-c5ccccc5-c5ccccc5)c4c4cccc2c43)c(C)c1. The summed E-state index contributed by atoms with van der Waals surface area (Å²) in [6, 6.07) is 66.3. The van der Waals surface area contributed by atoms with Gasteiger partial charge in [0, 0.05) is 0 Å². The summed E-state index contributed by atoms with van der Waals surface area (Å²) < 4.78 is 0. The Kier molecular flexibility index (Phi) is 6.78. The molecule has 0 saturated carbocycles. The smallest absolute Gasteiger partial charge is 0.000718 e. The Morgan fingerprint density at radius 3 is 1.47 bits per heavy atom. The van der Waals surface area contributed by atoms with Crippen LogP contribution in [0.4, 0.5) is 0 Å². The fourth-order valence-corrected chi connectivity index (χ4v) is 10.8. The lowest BCUT2D eigenvalue weighted by atomic mass is 9.82. The molecule has 0 bridgehead atoms. The maximum atomic E-state index is 2.55.